The van der Waals surface area contributed by atoms with Gasteiger partial charge in [0, 0.05) is 13.6 Å². The minimum absolute atomic E-state index is 0.286. The van der Waals surface area contributed by atoms with Crippen molar-refractivity contribution < 1.29 is 9.15 Å². The SMILES string of the molecule is CCNc1nc(OC)nc(N(C)Cc2ccc(C)o2)n1. The Labute approximate surface area is 118 Å². The molecule has 2 aromatic rings. The van der Waals surface area contributed by atoms with Gasteiger partial charge in [0.25, 0.3) is 0 Å². The lowest BCUT2D eigenvalue weighted by molar-refractivity contribution is 0.378. The van der Waals surface area contributed by atoms with Crippen LogP contribution in [-0.4, -0.2) is 35.7 Å². The highest BCUT2D eigenvalue weighted by Crippen LogP contribution is 2.16. The summed E-state index contributed by atoms with van der Waals surface area (Å²) in [6.45, 7) is 5.20. The van der Waals surface area contributed by atoms with Gasteiger partial charge in [-0.15, -0.1) is 0 Å². The summed E-state index contributed by atoms with van der Waals surface area (Å²) < 4.78 is 10.6. The molecule has 0 atom stereocenters. The second kappa shape index (κ2) is 6.23. The van der Waals surface area contributed by atoms with Crippen LogP contribution in [0.2, 0.25) is 0 Å². The molecule has 0 fully saturated rings. The Morgan fingerprint density at radius 3 is 2.70 bits per heavy atom. The van der Waals surface area contributed by atoms with Crippen LogP contribution in [-0.2, 0) is 6.54 Å². The average Bonchev–Trinajstić information content (AvgIpc) is 2.84. The summed E-state index contributed by atoms with van der Waals surface area (Å²) in [5, 5.41) is 3.05. The number of nitrogens with one attached hydrogen (secondary N) is 1. The summed E-state index contributed by atoms with van der Waals surface area (Å²) in [4.78, 5) is 14.6. The molecule has 0 unspecified atom stereocenters. The lowest BCUT2D eigenvalue weighted by Crippen LogP contribution is -2.20. The second-order valence-corrected chi connectivity index (χ2v) is 4.34. The Morgan fingerprint density at radius 1 is 1.30 bits per heavy atom. The molecule has 108 valence electrons. The molecule has 2 rings (SSSR count). The zero-order chi connectivity index (χ0) is 14.5. The first kappa shape index (κ1) is 14.1. The molecule has 7 nitrogen and oxygen atoms in total. The number of hydrogen-bond acceptors (Lipinski definition) is 7. The van der Waals surface area contributed by atoms with Crippen molar-refractivity contribution in [2.24, 2.45) is 0 Å². The summed E-state index contributed by atoms with van der Waals surface area (Å²) in [6, 6.07) is 4.16. The fourth-order valence-corrected chi connectivity index (χ4v) is 1.72. The van der Waals surface area contributed by atoms with Gasteiger partial charge in [0.15, 0.2) is 0 Å². The first-order valence-electron chi connectivity index (χ1n) is 6.42. The van der Waals surface area contributed by atoms with Crippen molar-refractivity contribution in [3.8, 4) is 6.01 Å². The van der Waals surface area contributed by atoms with E-state index in [1.807, 2.05) is 37.9 Å². The van der Waals surface area contributed by atoms with Crippen molar-refractivity contribution in [3.63, 3.8) is 0 Å². The smallest absolute Gasteiger partial charge is 0.322 e. The van der Waals surface area contributed by atoms with Crippen molar-refractivity contribution in [1.82, 2.24) is 15.0 Å². The molecule has 2 heterocycles. The van der Waals surface area contributed by atoms with Crippen LogP contribution in [0.5, 0.6) is 6.01 Å². The Kier molecular flexibility index (Phi) is 4.39. The molecule has 0 aliphatic carbocycles. The van der Waals surface area contributed by atoms with Crippen molar-refractivity contribution in [2.45, 2.75) is 20.4 Å². The summed E-state index contributed by atoms with van der Waals surface area (Å²) in [7, 11) is 3.42. The van der Waals surface area contributed by atoms with E-state index in [-0.39, 0.29) is 6.01 Å². The number of methoxy groups -OCH3 is 1. The van der Waals surface area contributed by atoms with E-state index in [0.717, 1.165) is 18.1 Å². The van der Waals surface area contributed by atoms with Crippen molar-refractivity contribution in [1.29, 1.82) is 0 Å². The van der Waals surface area contributed by atoms with Crippen LogP contribution >= 0.6 is 0 Å². The van der Waals surface area contributed by atoms with Crippen molar-refractivity contribution >= 4 is 11.9 Å². The van der Waals surface area contributed by atoms with Crippen LogP contribution in [0.25, 0.3) is 0 Å². The highest BCUT2D eigenvalue weighted by molar-refractivity contribution is 5.38. The van der Waals surface area contributed by atoms with Crippen LogP contribution in [0, 0.1) is 6.92 Å². The van der Waals surface area contributed by atoms with Gasteiger partial charge in [0.1, 0.15) is 11.5 Å². The molecule has 0 aliphatic heterocycles. The summed E-state index contributed by atoms with van der Waals surface area (Å²) in [5.41, 5.74) is 0. The first-order valence-corrected chi connectivity index (χ1v) is 6.42. The van der Waals surface area contributed by atoms with Crippen LogP contribution < -0.4 is 15.0 Å². The van der Waals surface area contributed by atoms with Gasteiger partial charge in [-0.25, -0.2) is 0 Å². The monoisotopic (exact) mass is 277 g/mol. The maximum absolute atomic E-state index is 5.55. The third-order valence-corrected chi connectivity index (χ3v) is 2.65. The minimum Gasteiger partial charge on any atom is -0.467 e. The molecule has 0 spiro atoms. The number of rotatable bonds is 6. The minimum atomic E-state index is 0.286. The average molecular weight is 277 g/mol. The molecule has 0 radical (unpaired) electrons. The molecule has 2 aromatic heterocycles. The molecule has 1 N–H and O–H groups in total. The molecule has 20 heavy (non-hydrogen) atoms. The third kappa shape index (κ3) is 3.37. The van der Waals surface area contributed by atoms with E-state index in [2.05, 4.69) is 20.3 Å². The van der Waals surface area contributed by atoms with E-state index in [1.54, 1.807) is 0 Å². The van der Waals surface area contributed by atoms with Crippen LogP contribution in [0.4, 0.5) is 11.9 Å². The Bertz CT molecular complexity index is 570. The second-order valence-electron chi connectivity index (χ2n) is 4.34. The van der Waals surface area contributed by atoms with Gasteiger partial charge in [-0.05, 0) is 26.0 Å². The van der Waals surface area contributed by atoms with E-state index >= 15 is 0 Å². The van der Waals surface area contributed by atoms with Crippen molar-refractivity contribution in [3.05, 3.63) is 23.7 Å². The lowest BCUT2D eigenvalue weighted by Gasteiger charge is -2.16. The molecule has 0 aromatic carbocycles. The number of aromatic nitrogens is 3. The maximum atomic E-state index is 5.55. The molecular weight excluding hydrogens is 258 g/mol. The number of aryl methyl sites for hydroxylation is 1. The Hall–Kier alpha value is -2.31. The largest absolute Gasteiger partial charge is 0.467 e. The van der Waals surface area contributed by atoms with Gasteiger partial charge in [0.05, 0.1) is 13.7 Å². The van der Waals surface area contributed by atoms with E-state index < -0.39 is 0 Å². The quantitative estimate of drug-likeness (QED) is 0.863. The molecule has 7 heteroatoms. The van der Waals surface area contributed by atoms with Gasteiger partial charge in [-0.1, -0.05) is 0 Å². The molecule has 0 aliphatic rings. The number of anilines is 2. The fourth-order valence-electron chi connectivity index (χ4n) is 1.72. The molecule has 0 saturated heterocycles. The van der Waals surface area contributed by atoms with E-state index in [0.29, 0.717) is 18.4 Å². The highest BCUT2D eigenvalue weighted by atomic mass is 16.5. The summed E-state index contributed by atoms with van der Waals surface area (Å²) in [6.07, 6.45) is 0. The van der Waals surface area contributed by atoms with Gasteiger partial charge >= 0.3 is 6.01 Å². The zero-order valence-electron chi connectivity index (χ0n) is 12.2. The predicted octanol–water partition coefficient (Wildman–Crippen LogP) is 1.85. The highest BCUT2D eigenvalue weighted by Gasteiger charge is 2.12. The zero-order valence-corrected chi connectivity index (χ0v) is 12.2. The third-order valence-electron chi connectivity index (χ3n) is 2.65. The van der Waals surface area contributed by atoms with Crippen LogP contribution in [0.3, 0.4) is 0 Å². The van der Waals surface area contributed by atoms with E-state index in [1.165, 1.54) is 7.11 Å². The first-order chi connectivity index (χ1) is 9.62. The number of nitrogens with zero attached hydrogens (tertiary/aromatic N) is 4. The van der Waals surface area contributed by atoms with Crippen LogP contribution in [0.15, 0.2) is 16.5 Å². The topological polar surface area (TPSA) is 76.3 Å². The van der Waals surface area contributed by atoms with Crippen molar-refractivity contribution in [2.75, 3.05) is 30.9 Å². The van der Waals surface area contributed by atoms with E-state index in [9.17, 15) is 0 Å². The standard InChI is InChI=1S/C13H19N5O2/c1-5-14-11-15-12(17-13(16-11)19-4)18(3)8-10-7-6-9(2)20-10/h6-7H,5,8H2,1-4H3,(H,14,15,16,17). The number of hydrogen-bond donors (Lipinski definition) is 1. The summed E-state index contributed by atoms with van der Waals surface area (Å²) in [5.74, 6) is 2.77. The predicted molar refractivity (Wildman–Crippen MR) is 76.1 cm³/mol. The van der Waals surface area contributed by atoms with E-state index in [4.69, 9.17) is 9.15 Å². The van der Waals surface area contributed by atoms with Gasteiger partial charge in [-0.2, -0.15) is 15.0 Å². The van der Waals surface area contributed by atoms with Gasteiger partial charge in [-0.3, -0.25) is 0 Å². The lowest BCUT2D eigenvalue weighted by atomic mass is 10.4. The van der Waals surface area contributed by atoms with Gasteiger partial charge < -0.3 is 19.4 Å². The summed E-state index contributed by atoms with van der Waals surface area (Å²) >= 11 is 0. The number of ether oxygens (including phenoxy) is 1. The maximum Gasteiger partial charge on any atom is 0.322 e. The Balaban J connectivity index is 2.19. The molecular formula is C13H19N5O2. The Morgan fingerprint density at radius 2 is 2.10 bits per heavy atom. The number of furan rings is 1. The normalized spacial score (nSPS) is 10.4. The molecule has 0 amide bonds. The molecule has 0 bridgehead atoms. The van der Waals surface area contributed by atoms with Gasteiger partial charge in [0.2, 0.25) is 11.9 Å². The molecule has 0 saturated carbocycles. The van der Waals surface area contributed by atoms with Crippen LogP contribution in [0.1, 0.15) is 18.4 Å². The fraction of sp³-hybridized carbons (Fsp3) is 0.462.